The summed E-state index contributed by atoms with van der Waals surface area (Å²) in [5, 5.41) is 0. The molecule has 1 aliphatic heterocycles. The number of aromatic nitrogens is 1. The minimum Gasteiger partial charge on any atom is -0.493 e. The fraction of sp³-hybridized carbons (Fsp3) is 0.370. The number of hydrogen-bond acceptors (Lipinski definition) is 6. The van der Waals surface area contributed by atoms with E-state index < -0.39 is 0 Å². The fourth-order valence-electron chi connectivity index (χ4n) is 4.39. The molecule has 1 fully saturated rings. The van der Waals surface area contributed by atoms with Crippen molar-refractivity contribution in [3.8, 4) is 28.5 Å². The molecule has 0 unspecified atom stereocenters. The smallest absolute Gasteiger partial charge is 0.203 e. The SMILES string of the molecule is COc1cc(-c2cc(CN3CCN(Cc4cccc(C)c4)CC3)ccn2)cc(OC)c1OC. The van der Waals surface area contributed by atoms with Crippen molar-refractivity contribution in [1.82, 2.24) is 14.8 Å². The number of pyridine rings is 1. The molecule has 2 heterocycles. The molecule has 0 aliphatic carbocycles. The number of ether oxygens (including phenoxy) is 3. The summed E-state index contributed by atoms with van der Waals surface area (Å²) in [6, 6.07) is 16.9. The zero-order chi connectivity index (χ0) is 23.2. The van der Waals surface area contributed by atoms with Gasteiger partial charge in [0, 0.05) is 51.0 Å². The number of piperazine rings is 1. The lowest BCUT2D eigenvalue weighted by Crippen LogP contribution is -2.45. The lowest BCUT2D eigenvalue weighted by atomic mass is 10.1. The van der Waals surface area contributed by atoms with Crippen LogP contribution in [0.5, 0.6) is 17.2 Å². The average Bonchev–Trinajstić information content (AvgIpc) is 2.84. The second kappa shape index (κ2) is 10.7. The lowest BCUT2D eigenvalue weighted by molar-refractivity contribution is 0.122. The molecular weight excluding hydrogens is 414 g/mol. The normalized spacial score (nSPS) is 14.8. The Morgan fingerprint density at radius 2 is 1.36 bits per heavy atom. The molecule has 33 heavy (non-hydrogen) atoms. The highest BCUT2D eigenvalue weighted by Crippen LogP contribution is 2.40. The fourth-order valence-corrected chi connectivity index (χ4v) is 4.39. The van der Waals surface area contributed by atoms with Crippen LogP contribution >= 0.6 is 0 Å². The van der Waals surface area contributed by atoms with Crippen molar-refractivity contribution < 1.29 is 14.2 Å². The van der Waals surface area contributed by atoms with Crippen LogP contribution in [-0.4, -0.2) is 62.3 Å². The van der Waals surface area contributed by atoms with Crippen molar-refractivity contribution in [3.05, 3.63) is 71.4 Å². The molecule has 1 aromatic heterocycles. The Balaban J connectivity index is 1.41. The molecule has 2 aromatic carbocycles. The standard InChI is InChI=1S/C27H33N3O3/c1-20-6-5-7-21(14-20)18-29-10-12-30(13-11-29)19-22-8-9-28-24(15-22)23-16-25(31-2)27(33-4)26(17-23)32-3/h5-9,14-17H,10-13,18-19H2,1-4H3. The van der Waals surface area contributed by atoms with E-state index in [1.54, 1.807) is 21.3 Å². The Labute approximate surface area is 196 Å². The van der Waals surface area contributed by atoms with Gasteiger partial charge >= 0.3 is 0 Å². The summed E-state index contributed by atoms with van der Waals surface area (Å²) in [6.45, 7) is 8.38. The van der Waals surface area contributed by atoms with E-state index in [1.165, 1.54) is 16.7 Å². The quantitative estimate of drug-likeness (QED) is 0.510. The third kappa shape index (κ3) is 5.64. The number of rotatable bonds is 8. The average molecular weight is 448 g/mol. The van der Waals surface area contributed by atoms with Crippen LogP contribution in [0.3, 0.4) is 0 Å². The van der Waals surface area contributed by atoms with Crippen molar-refractivity contribution >= 4 is 0 Å². The second-order valence-electron chi connectivity index (χ2n) is 8.50. The number of aryl methyl sites for hydroxylation is 1. The van der Waals surface area contributed by atoms with Gasteiger partial charge in [-0.3, -0.25) is 14.8 Å². The molecular formula is C27H33N3O3. The van der Waals surface area contributed by atoms with E-state index in [0.29, 0.717) is 17.2 Å². The summed E-state index contributed by atoms with van der Waals surface area (Å²) in [5.41, 5.74) is 5.80. The number of hydrogen-bond donors (Lipinski definition) is 0. The van der Waals surface area contributed by atoms with Gasteiger partial charge in [-0.1, -0.05) is 29.8 Å². The molecule has 6 nitrogen and oxygen atoms in total. The zero-order valence-electron chi connectivity index (χ0n) is 20.0. The third-order valence-corrected chi connectivity index (χ3v) is 6.14. The predicted octanol–water partition coefficient (Wildman–Crippen LogP) is 4.40. The van der Waals surface area contributed by atoms with E-state index >= 15 is 0 Å². The molecule has 0 atom stereocenters. The zero-order valence-corrected chi connectivity index (χ0v) is 20.0. The van der Waals surface area contributed by atoms with E-state index in [2.05, 4.69) is 58.1 Å². The third-order valence-electron chi connectivity index (χ3n) is 6.14. The highest BCUT2D eigenvalue weighted by atomic mass is 16.5. The topological polar surface area (TPSA) is 47.1 Å². The Hall–Kier alpha value is -3.09. The largest absolute Gasteiger partial charge is 0.493 e. The minimum absolute atomic E-state index is 0.587. The summed E-state index contributed by atoms with van der Waals surface area (Å²) >= 11 is 0. The van der Waals surface area contributed by atoms with Gasteiger partial charge in [0.2, 0.25) is 5.75 Å². The maximum atomic E-state index is 5.51. The maximum absolute atomic E-state index is 5.51. The summed E-state index contributed by atoms with van der Waals surface area (Å²) in [6.07, 6.45) is 1.88. The van der Waals surface area contributed by atoms with Crippen molar-refractivity contribution in [1.29, 1.82) is 0 Å². The second-order valence-corrected chi connectivity index (χ2v) is 8.50. The molecule has 0 amide bonds. The highest BCUT2D eigenvalue weighted by Gasteiger charge is 2.18. The van der Waals surface area contributed by atoms with Gasteiger partial charge in [0.05, 0.1) is 27.0 Å². The van der Waals surface area contributed by atoms with E-state index in [9.17, 15) is 0 Å². The molecule has 0 spiro atoms. The van der Waals surface area contributed by atoms with Gasteiger partial charge in [-0.2, -0.15) is 0 Å². The molecule has 1 aliphatic rings. The summed E-state index contributed by atoms with van der Waals surface area (Å²) in [4.78, 5) is 9.65. The Kier molecular flexibility index (Phi) is 7.47. The minimum atomic E-state index is 0.587. The van der Waals surface area contributed by atoms with Crippen LogP contribution in [-0.2, 0) is 13.1 Å². The van der Waals surface area contributed by atoms with Crippen LogP contribution in [0.1, 0.15) is 16.7 Å². The van der Waals surface area contributed by atoms with Gasteiger partial charge in [-0.15, -0.1) is 0 Å². The first-order valence-electron chi connectivity index (χ1n) is 11.3. The monoisotopic (exact) mass is 447 g/mol. The Morgan fingerprint density at radius 1 is 0.758 bits per heavy atom. The molecule has 1 saturated heterocycles. The first-order chi connectivity index (χ1) is 16.1. The molecule has 174 valence electrons. The molecule has 0 N–H and O–H groups in total. The molecule has 0 bridgehead atoms. The maximum Gasteiger partial charge on any atom is 0.203 e. The van der Waals surface area contributed by atoms with Crippen LogP contribution in [0.25, 0.3) is 11.3 Å². The highest BCUT2D eigenvalue weighted by molar-refractivity contribution is 5.69. The van der Waals surface area contributed by atoms with Gasteiger partial charge < -0.3 is 14.2 Å². The van der Waals surface area contributed by atoms with Gasteiger partial charge in [0.25, 0.3) is 0 Å². The molecule has 3 aromatic rings. The van der Waals surface area contributed by atoms with Crippen molar-refractivity contribution in [2.45, 2.75) is 20.0 Å². The summed E-state index contributed by atoms with van der Waals surface area (Å²) in [5.74, 6) is 1.84. The van der Waals surface area contributed by atoms with E-state index in [1.807, 2.05) is 18.3 Å². The van der Waals surface area contributed by atoms with E-state index in [4.69, 9.17) is 14.2 Å². The number of benzene rings is 2. The van der Waals surface area contributed by atoms with Gasteiger partial charge in [0.15, 0.2) is 11.5 Å². The molecule has 0 radical (unpaired) electrons. The van der Waals surface area contributed by atoms with Crippen molar-refractivity contribution in [3.63, 3.8) is 0 Å². The van der Waals surface area contributed by atoms with E-state index in [0.717, 1.165) is 50.5 Å². The summed E-state index contributed by atoms with van der Waals surface area (Å²) < 4.78 is 16.5. The van der Waals surface area contributed by atoms with Gasteiger partial charge in [-0.05, 0) is 42.3 Å². The van der Waals surface area contributed by atoms with Crippen molar-refractivity contribution in [2.24, 2.45) is 0 Å². The number of methoxy groups -OCH3 is 3. The van der Waals surface area contributed by atoms with Gasteiger partial charge in [-0.25, -0.2) is 0 Å². The Morgan fingerprint density at radius 3 is 1.91 bits per heavy atom. The first-order valence-corrected chi connectivity index (χ1v) is 11.3. The van der Waals surface area contributed by atoms with Crippen LogP contribution in [0.15, 0.2) is 54.7 Å². The van der Waals surface area contributed by atoms with Crippen LogP contribution in [0.4, 0.5) is 0 Å². The van der Waals surface area contributed by atoms with Gasteiger partial charge in [0.1, 0.15) is 0 Å². The molecule has 4 rings (SSSR count). The first kappa shape index (κ1) is 23.1. The van der Waals surface area contributed by atoms with E-state index in [-0.39, 0.29) is 0 Å². The molecule has 0 saturated carbocycles. The van der Waals surface area contributed by atoms with Crippen LogP contribution in [0.2, 0.25) is 0 Å². The molecule has 6 heteroatoms. The van der Waals surface area contributed by atoms with Crippen LogP contribution < -0.4 is 14.2 Å². The summed E-state index contributed by atoms with van der Waals surface area (Å²) in [7, 11) is 4.87. The predicted molar refractivity (Wildman–Crippen MR) is 131 cm³/mol. The Bertz CT molecular complexity index is 1050. The van der Waals surface area contributed by atoms with Crippen molar-refractivity contribution in [2.75, 3.05) is 47.5 Å². The van der Waals surface area contributed by atoms with Crippen LogP contribution in [0, 0.1) is 6.92 Å². The lowest BCUT2D eigenvalue weighted by Gasteiger charge is -2.34. The number of nitrogens with zero attached hydrogens (tertiary/aromatic N) is 3.